The molecule has 0 heterocycles. The smallest absolute Gasteiger partial charge is 0.303 e. The van der Waals surface area contributed by atoms with Gasteiger partial charge in [-0.3, -0.25) is 14.4 Å². The van der Waals surface area contributed by atoms with Gasteiger partial charge in [0.15, 0.2) is 0 Å². The second-order valence-corrected chi connectivity index (χ2v) is 5.13. The van der Waals surface area contributed by atoms with Crippen LogP contribution >= 0.6 is 0 Å². The Labute approximate surface area is 122 Å². The molecule has 6 nitrogen and oxygen atoms in total. The fourth-order valence-corrected chi connectivity index (χ4v) is 1.81. The third kappa shape index (κ3) is 5.25. The van der Waals surface area contributed by atoms with Crippen molar-refractivity contribution in [3.05, 3.63) is 29.8 Å². The summed E-state index contributed by atoms with van der Waals surface area (Å²) < 4.78 is 0. The van der Waals surface area contributed by atoms with E-state index in [0.29, 0.717) is 6.54 Å². The van der Waals surface area contributed by atoms with E-state index in [2.05, 4.69) is 10.6 Å². The average Bonchev–Trinajstić information content (AvgIpc) is 3.29. The molecule has 3 N–H and O–H groups in total. The first-order valence-electron chi connectivity index (χ1n) is 6.93. The molecule has 0 saturated heterocycles. The van der Waals surface area contributed by atoms with Crippen LogP contribution in [0.4, 0.5) is 5.69 Å². The number of carbonyl (C=O) groups is 3. The zero-order valence-corrected chi connectivity index (χ0v) is 11.6. The molecule has 1 aromatic carbocycles. The maximum Gasteiger partial charge on any atom is 0.303 e. The summed E-state index contributed by atoms with van der Waals surface area (Å²) in [5.41, 5.74) is 1.64. The Kier molecular flexibility index (Phi) is 4.92. The van der Waals surface area contributed by atoms with E-state index in [-0.39, 0.29) is 30.6 Å². The van der Waals surface area contributed by atoms with Crippen LogP contribution in [0.1, 0.15) is 31.2 Å². The van der Waals surface area contributed by atoms with E-state index in [1.807, 2.05) is 12.1 Å². The number of benzene rings is 1. The summed E-state index contributed by atoms with van der Waals surface area (Å²) in [5, 5.41) is 14.0. The predicted molar refractivity (Wildman–Crippen MR) is 76.5 cm³/mol. The molecular weight excluding hydrogens is 272 g/mol. The molecule has 2 amide bonds. The van der Waals surface area contributed by atoms with E-state index in [1.165, 1.54) is 0 Å². The van der Waals surface area contributed by atoms with Gasteiger partial charge in [0.25, 0.3) is 0 Å². The van der Waals surface area contributed by atoms with E-state index in [0.717, 1.165) is 24.1 Å². The summed E-state index contributed by atoms with van der Waals surface area (Å²) in [5.74, 6) is -1.05. The lowest BCUT2D eigenvalue weighted by Crippen LogP contribution is -2.23. The number of nitrogens with one attached hydrogen (secondary N) is 2. The fourth-order valence-electron chi connectivity index (χ4n) is 1.81. The van der Waals surface area contributed by atoms with Gasteiger partial charge in [0, 0.05) is 24.6 Å². The minimum atomic E-state index is -0.985. The van der Waals surface area contributed by atoms with Gasteiger partial charge in [0.1, 0.15) is 0 Å². The Morgan fingerprint density at radius 1 is 1.10 bits per heavy atom. The molecule has 112 valence electrons. The molecule has 2 rings (SSSR count). The second kappa shape index (κ2) is 6.88. The van der Waals surface area contributed by atoms with Crippen molar-refractivity contribution >= 4 is 23.5 Å². The average molecular weight is 290 g/mol. The van der Waals surface area contributed by atoms with Crippen LogP contribution in [0.25, 0.3) is 0 Å². The highest BCUT2D eigenvalue weighted by atomic mass is 16.4. The molecule has 1 aliphatic rings. The van der Waals surface area contributed by atoms with Gasteiger partial charge < -0.3 is 15.7 Å². The quantitative estimate of drug-likeness (QED) is 0.709. The topological polar surface area (TPSA) is 95.5 Å². The summed E-state index contributed by atoms with van der Waals surface area (Å²) in [7, 11) is 0. The summed E-state index contributed by atoms with van der Waals surface area (Å²) in [6, 6.07) is 7.22. The van der Waals surface area contributed by atoms with E-state index < -0.39 is 5.97 Å². The number of carboxylic acid groups (broad SMARTS) is 1. The molecule has 1 fully saturated rings. The number of anilines is 1. The molecule has 1 aromatic rings. The maximum absolute atomic E-state index is 11.6. The summed E-state index contributed by atoms with van der Waals surface area (Å²) in [6.45, 7) is 0.343. The van der Waals surface area contributed by atoms with Crippen LogP contribution in [0.15, 0.2) is 24.3 Å². The molecule has 6 heteroatoms. The number of hydrogen-bond donors (Lipinski definition) is 3. The normalized spacial score (nSPS) is 13.5. The van der Waals surface area contributed by atoms with Crippen molar-refractivity contribution < 1.29 is 19.5 Å². The number of carboxylic acids is 1. The van der Waals surface area contributed by atoms with Crippen molar-refractivity contribution in [2.75, 3.05) is 5.32 Å². The number of aliphatic carboxylic acids is 1. The summed E-state index contributed by atoms with van der Waals surface area (Å²) in [4.78, 5) is 33.3. The zero-order valence-electron chi connectivity index (χ0n) is 11.6. The Morgan fingerprint density at radius 2 is 1.76 bits per heavy atom. The minimum Gasteiger partial charge on any atom is -0.481 e. The molecule has 1 saturated carbocycles. The summed E-state index contributed by atoms with van der Waals surface area (Å²) in [6.07, 6.45) is 1.74. The molecule has 0 aliphatic heterocycles. The molecule has 0 radical (unpaired) electrons. The molecular formula is C15H18N2O4. The van der Waals surface area contributed by atoms with Crippen LogP contribution in [-0.2, 0) is 20.9 Å². The largest absolute Gasteiger partial charge is 0.481 e. The molecule has 1 aliphatic carbocycles. The Morgan fingerprint density at radius 3 is 2.33 bits per heavy atom. The maximum atomic E-state index is 11.6. The van der Waals surface area contributed by atoms with Gasteiger partial charge in [-0.25, -0.2) is 0 Å². The van der Waals surface area contributed by atoms with Crippen molar-refractivity contribution in [1.29, 1.82) is 0 Å². The zero-order chi connectivity index (χ0) is 15.2. The summed E-state index contributed by atoms with van der Waals surface area (Å²) >= 11 is 0. The van der Waals surface area contributed by atoms with Gasteiger partial charge in [0.2, 0.25) is 11.8 Å². The van der Waals surface area contributed by atoms with Gasteiger partial charge in [-0.2, -0.15) is 0 Å². The molecule has 0 aromatic heterocycles. The van der Waals surface area contributed by atoms with Gasteiger partial charge >= 0.3 is 5.97 Å². The fraction of sp³-hybridized carbons (Fsp3) is 0.400. The third-order valence-corrected chi connectivity index (χ3v) is 3.23. The first-order valence-corrected chi connectivity index (χ1v) is 6.93. The Balaban J connectivity index is 1.75. The van der Waals surface area contributed by atoms with Crippen LogP contribution in [-0.4, -0.2) is 22.9 Å². The third-order valence-electron chi connectivity index (χ3n) is 3.23. The SMILES string of the molecule is O=C(O)CCC(=O)NCc1ccc(NC(=O)C2CC2)cc1. The lowest BCUT2D eigenvalue weighted by atomic mass is 10.2. The second-order valence-electron chi connectivity index (χ2n) is 5.13. The van der Waals surface area contributed by atoms with Crippen molar-refractivity contribution in [2.45, 2.75) is 32.2 Å². The van der Waals surface area contributed by atoms with Crippen molar-refractivity contribution in [1.82, 2.24) is 5.32 Å². The van der Waals surface area contributed by atoms with Crippen LogP contribution in [0.3, 0.4) is 0 Å². The van der Waals surface area contributed by atoms with Gasteiger partial charge in [-0.05, 0) is 30.5 Å². The van der Waals surface area contributed by atoms with E-state index in [9.17, 15) is 14.4 Å². The number of amides is 2. The van der Waals surface area contributed by atoms with Crippen LogP contribution < -0.4 is 10.6 Å². The number of rotatable bonds is 7. The monoisotopic (exact) mass is 290 g/mol. The molecule has 0 unspecified atom stereocenters. The van der Waals surface area contributed by atoms with Crippen LogP contribution in [0.5, 0.6) is 0 Å². The first-order chi connectivity index (χ1) is 10.0. The first kappa shape index (κ1) is 15.0. The van der Waals surface area contributed by atoms with E-state index in [1.54, 1.807) is 12.1 Å². The lowest BCUT2D eigenvalue weighted by molar-refractivity contribution is -0.138. The van der Waals surface area contributed by atoms with Crippen molar-refractivity contribution in [3.63, 3.8) is 0 Å². The van der Waals surface area contributed by atoms with Crippen LogP contribution in [0.2, 0.25) is 0 Å². The molecule has 0 atom stereocenters. The van der Waals surface area contributed by atoms with Crippen molar-refractivity contribution in [2.24, 2.45) is 5.92 Å². The van der Waals surface area contributed by atoms with E-state index >= 15 is 0 Å². The molecule has 0 spiro atoms. The van der Waals surface area contributed by atoms with Crippen molar-refractivity contribution in [3.8, 4) is 0 Å². The van der Waals surface area contributed by atoms with Crippen LogP contribution in [0, 0.1) is 5.92 Å². The molecule has 0 bridgehead atoms. The highest BCUT2D eigenvalue weighted by molar-refractivity contribution is 5.94. The lowest BCUT2D eigenvalue weighted by Gasteiger charge is -2.07. The number of hydrogen-bond acceptors (Lipinski definition) is 3. The van der Waals surface area contributed by atoms with Gasteiger partial charge in [-0.15, -0.1) is 0 Å². The highest BCUT2D eigenvalue weighted by Gasteiger charge is 2.29. The Bertz CT molecular complexity index is 535. The van der Waals surface area contributed by atoms with Gasteiger partial charge in [0.05, 0.1) is 6.42 Å². The highest BCUT2D eigenvalue weighted by Crippen LogP contribution is 2.30. The number of carbonyl (C=O) groups excluding carboxylic acids is 2. The minimum absolute atomic E-state index is 0.0230. The molecule has 21 heavy (non-hydrogen) atoms. The predicted octanol–water partition coefficient (Wildman–Crippen LogP) is 1.52. The van der Waals surface area contributed by atoms with Gasteiger partial charge in [-0.1, -0.05) is 12.1 Å². The Hall–Kier alpha value is -2.37. The van der Waals surface area contributed by atoms with E-state index in [4.69, 9.17) is 5.11 Å². The standard InChI is InChI=1S/C15H18N2O4/c18-13(7-8-14(19)20)16-9-10-1-5-12(6-2-10)17-15(21)11-3-4-11/h1-2,5-6,11H,3-4,7-9H2,(H,16,18)(H,17,21)(H,19,20).